The fourth-order valence-electron chi connectivity index (χ4n) is 1.41. The van der Waals surface area contributed by atoms with Gasteiger partial charge in [-0.2, -0.15) is 0 Å². The first-order valence-electron chi connectivity index (χ1n) is 5.90. The Labute approximate surface area is 118 Å². The Morgan fingerprint density at radius 2 is 1.95 bits per heavy atom. The molecule has 20 heavy (non-hydrogen) atoms. The van der Waals surface area contributed by atoms with Gasteiger partial charge in [0.1, 0.15) is 5.75 Å². The molecular weight excluding hydrogens is 282 g/mol. The van der Waals surface area contributed by atoms with E-state index in [4.69, 9.17) is 5.73 Å². The Hall–Kier alpha value is -1.80. The van der Waals surface area contributed by atoms with Gasteiger partial charge in [0.25, 0.3) is 0 Å². The van der Waals surface area contributed by atoms with Gasteiger partial charge in [0.15, 0.2) is 0 Å². The highest BCUT2D eigenvalue weighted by Gasteiger charge is 2.19. The van der Waals surface area contributed by atoms with Crippen molar-refractivity contribution in [3.63, 3.8) is 0 Å². The van der Waals surface area contributed by atoms with Crippen molar-refractivity contribution in [3.05, 3.63) is 18.2 Å². The van der Waals surface area contributed by atoms with Crippen LogP contribution in [0.25, 0.3) is 0 Å². The summed E-state index contributed by atoms with van der Waals surface area (Å²) < 4.78 is 26.0. The van der Waals surface area contributed by atoms with Crippen molar-refractivity contribution in [1.82, 2.24) is 10.0 Å². The van der Waals surface area contributed by atoms with Crippen LogP contribution in [-0.2, 0) is 14.8 Å². The number of phenolic OH excluding ortho intramolecular Hbond substituents is 1. The predicted molar refractivity (Wildman–Crippen MR) is 75.6 cm³/mol. The first kappa shape index (κ1) is 16.3. The summed E-state index contributed by atoms with van der Waals surface area (Å²) in [6.07, 6.45) is 0. The number of aromatic hydroxyl groups is 1. The minimum Gasteiger partial charge on any atom is -0.506 e. The molecule has 1 aromatic carbocycles. The van der Waals surface area contributed by atoms with Crippen LogP contribution in [0.2, 0.25) is 0 Å². The normalized spacial score (nSPS) is 12.2. The average molecular weight is 301 g/mol. The number of anilines is 1. The summed E-state index contributed by atoms with van der Waals surface area (Å²) in [7, 11) is -3.85. The molecule has 0 aliphatic heterocycles. The molecule has 0 atom stereocenters. The van der Waals surface area contributed by atoms with E-state index >= 15 is 0 Å². The number of phenols is 1. The van der Waals surface area contributed by atoms with Crippen molar-refractivity contribution in [2.75, 3.05) is 12.3 Å². The number of carbonyl (C=O) groups excluding carboxylic acids is 1. The maximum atomic E-state index is 11.9. The van der Waals surface area contributed by atoms with Gasteiger partial charge in [-0.25, -0.2) is 13.1 Å². The number of hydrogen-bond acceptors (Lipinski definition) is 5. The van der Waals surface area contributed by atoms with E-state index in [0.29, 0.717) is 0 Å². The van der Waals surface area contributed by atoms with Crippen molar-refractivity contribution in [1.29, 1.82) is 0 Å². The number of nitrogen functional groups attached to an aromatic ring is 1. The molecule has 0 aliphatic rings. The lowest BCUT2D eigenvalue weighted by atomic mass is 10.1. The van der Waals surface area contributed by atoms with E-state index in [2.05, 4.69) is 10.0 Å². The van der Waals surface area contributed by atoms with E-state index in [1.165, 1.54) is 12.1 Å². The maximum Gasteiger partial charge on any atom is 0.241 e. The monoisotopic (exact) mass is 301 g/mol. The molecule has 112 valence electrons. The standard InChI is InChI=1S/C12H19N3O4S/c1-12(2,3)15-11(17)7-14-20(18,19)8-4-5-10(16)9(13)6-8/h4-6,14,16H,7,13H2,1-3H3,(H,15,17). The van der Waals surface area contributed by atoms with Gasteiger partial charge in [-0.1, -0.05) is 0 Å². The summed E-state index contributed by atoms with van der Waals surface area (Å²) in [5.74, 6) is -0.637. The first-order chi connectivity index (χ1) is 9.01. The molecule has 0 unspecified atom stereocenters. The van der Waals surface area contributed by atoms with Crippen molar-refractivity contribution >= 4 is 21.6 Å². The highest BCUT2D eigenvalue weighted by Crippen LogP contribution is 2.22. The highest BCUT2D eigenvalue weighted by atomic mass is 32.2. The average Bonchev–Trinajstić information content (AvgIpc) is 2.28. The van der Waals surface area contributed by atoms with Gasteiger partial charge in [-0.3, -0.25) is 4.79 Å². The molecule has 1 amide bonds. The minimum absolute atomic E-state index is 0.0491. The van der Waals surface area contributed by atoms with Gasteiger partial charge in [0.05, 0.1) is 17.1 Å². The number of amides is 1. The van der Waals surface area contributed by atoms with Crippen LogP contribution in [0.4, 0.5) is 5.69 Å². The van der Waals surface area contributed by atoms with Crippen LogP contribution < -0.4 is 15.8 Å². The van der Waals surface area contributed by atoms with E-state index in [9.17, 15) is 18.3 Å². The third-order valence-electron chi connectivity index (χ3n) is 2.25. The molecule has 7 nitrogen and oxygen atoms in total. The largest absolute Gasteiger partial charge is 0.506 e. The van der Waals surface area contributed by atoms with Crippen LogP contribution in [0.5, 0.6) is 5.75 Å². The second-order valence-corrected chi connectivity index (χ2v) is 7.11. The molecular formula is C12H19N3O4S. The number of sulfonamides is 1. The first-order valence-corrected chi connectivity index (χ1v) is 7.39. The summed E-state index contributed by atoms with van der Waals surface area (Å²) in [6, 6.07) is 3.51. The molecule has 0 heterocycles. The summed E-state index contributed by atoms with van der Waals surface area (Å²) in [4.78, 5) is 11.4. The van der Waals surface area contributed by atoms with E-state index in [-0.39, 0.29) is 22.9 Å². The van der Waals surface area contributed by atoms with Gasteiger partial charge in [-0.05, 0) is 39.0 Å². The number of hydrogen-bond donors (Lipinski definition) is 4. The van der Waals surface area contributed by atoms with Crippen LogP contribution in [-0.4, -0.2) is 31.5 Å². The lowest BCUT2D eigenvalue weighted by molar-refractivity contribution is -0.121. The van der Waals surface area contributed by atoms with Gasteiger partial charge < -0.3 is 16.2 Å². The molecule has 8 heteroatoms. The third-order valence-corrected chi connectivity index (χ3v) is 3.65. The van der Waals surface area contributed by atoms with Crippen LogP contribution in [0.1, 0.15) is 20.8 Å². The fraction of sp³-hybridized carbons (Fsp3) is 0.417. The smallest absolute Gasteiger partial charge is 0.241 e. The number of benzene rings is 1. The van der Waals surface area contributed by atoms with E-state index in [0.717, 1.165) is 6.07 Å². The summed E-state index contributed by atoms with van der Waals surface area (Å²) in [6.45, 7) is 5.00. The fourth-order valence-corrected chi connectivity index (χ4v) is 2.42. The summed E-state index contributed by atoms with van der Waals surface area (Å²) in [5, 5.41) is 11.9. The van der Waals surface area contributed by atoms with E-state index < -0.39 is 21.5 Å². The Kier molecular flexibility index (Phi) is 4.61. The quantitative estimate of drug-likeness (QED) is 0.466. The molecule has 0 aromatic heterocycles. The Morgan fingerprint density at radius 3 is 2.45 bits per heavy atom. The van der Waals surface area contributed by atoms with Crippen LogP contribution in [0, 0.1) is 0 Å². The van der Waals surface area contributed by atoms with E-state index in [1.54, 1.807) is 20.8 Å². The predicted octanol–water partition coefficient (Wildman–Crippen LogP) is 0.167. The van der Waals surface area contributed by atoms with Crippen molar-refractivity contribution in [2.24, 2.45) is 0 Å². The number of carbonyl (C=O) groups is 1. The molecule has 0 saturated heterocycles. The van der Waals surface area contributed by atoms with Crippen LogP contribution in [0.15, 0.2) is 23.1 Å². The topological polar surface area (TPSA) is 122 Å². The zero-order valence-corrected chi connectivity index (χ0v) is 12.4. The lowest BCUT2D eigenvalue weighted by Gasteiger charge is -2.20. The second-order valence-electron chi connectivity index (χ2n) is 5.34. The van der Waals surface area contributed by atoms with Crippen molar-refractivity contribution in [3.8, 4) is 5.75 Å². The summed E-state index contributed by atoms with van der Waals surface area (Å²) >= 11 is 0. The lowest BCUT2D eigenvalue weighted by Crippen LogP contribution is -2.45. The van der Waals surface area contributed by atoms with Gasteiger partial charge in [-0.15, -0.1) is 0 Å². The number of nitrogens with one attached hydrogen (secondary N) is 2. The molecule has 0 aliphatic carbocycles. The van der Waals surface area contributed by atoms with Crippen molar-refractivity contribution in [2.45, 2.75) is 31.2 Å². The molecule has 0 saturated carbocycles. The highest BCUT2D eigenvalue weighted by molar-refractivity contribution is 7.89. The second kappa shape index (κ2) is 5.68. The molecule has 0 fully saturated rings. The Bertz CT molecular complexity index is 606. The number of rotatable bonds is 4. The van der Waals surface area contributed by atoms with Gasteiger partial charge in [0.2, 0.25) is 15.9 Å². The molecule has 0 bridgehead atoms. The van der Waals surface area contributed by atoms with Crippen molar-refractivity contribution < 1.29 is 18.3 Å². The minimum atomic E-state index is -3.85. The number of nitrogens with two attached hydrogens (primary N) is 1. The third kappa shape index (κ3) is 4.71. The summed E-state index contributed by atoms with van der Waals surface area (Å²) in [5.41, 5.74) is 4.95. The SMILES string of the molecule is CC(C)(C)NC(=O)CNS(=O)(=O)c1ccc(O)c(N)c1. The molecule has 0 radical (unpaired) electrons. The van der Waals surface area contributed by atoms with Crippen LogP contribution in [0.3, 0.4) is 0 Å². The zero-order chi connectivity index (χ0) is 15.6. The molecule has 5 N–H and O–H groups in total. The zero-order valence-electron chi connectivity index (χ0n) is 11.6. The Morgan fingerprint density at radius 1 is 1.35 bits per heavy atom. The van der Waals surface area contributed by atoms with Gasteiger partial charge >= 0.3 is 0 Å². The Balaban J connectivity index is 2.76. The molecule has 0 spiro atoms. The molecule has 1 aromatic rings. The molecule has 1 rings (SSSR count). The maximum absolute atomic E-state index is 11.9. The van der Waals surface area contributed by atoms with E-state index in [1.807, 2.05) is 0 Å². The van der Waals surface area contributed by atoms with Crippen LogP contribution >= 0.6 is 0 Å². The van der Waals surface area contributed by atoms with Gasteiger partial charge in [0, 0.05) is 5.54 Å².